The molecule has 5 rings (SSSR count). The van der Waals surface area contributed by atoms with Crippen LogP contribution in [0.25, 0.3) is 0 Å². The number of sulfonamides is 1. The van der Waals surface area contributed by atoms with Crippen LogP contribution in [-0.4, -0.2) is 47.0 Å². The molecule has 0 aliphatic heterocycles. The molecule has 0 bridgehead atoms. The topological polar surface area (TPSA) is 137 Å². The lowest BCUT2D eigenvalue weighted by atomic mass is 9.96. The Labute approximate surface area is 281 Å². The number of ether oxygens (including phenoxy) is 2. The van der Waals surface area contributed by atoms with Crippen molar-refractivity contribution >= 4 is 22.1 Å². The van der Waals surface area contributed by atoms with Gasteiger partial charge in [-0.05, 0) is 67.6 Å². The molecule has 1 saturated carbocycles. The van der Waals surface area contributed by atoms with Crippen LogP contribution in [0.15, 0.2) is 102 Å². The molecule has 0 saturated heterocycles. The lowest BCUT2D eigenvalue weighted by Crippen LogP contribution is -2.37. The van der Waals surface area contributed by atoms with E-state index in [9.17, 15) is 18.0 Å². The zero-order chi connectivity index (χ0) is 34.2. The first kappa shape index (κ1) is 34.7. The Morgan fingerprint density at radius 1 is 0.875 bits per heavy atom. The Hall–Kier alpha value is -4.65. The van der Waals surface area contributed by atoms with Crippen molar-refractivity contribution in [3.63, 3.8) is 0 Å². The first-order chi connectivity index (χ1) is 22.9. The highest BCUT2D eigenvalue weighted by Crippen LogP contribution is 2.48. The highest BCUT2D eigenvalue weighted by molar-refractivity contribution is 7.89. The molecule has 1 aliphatic rings. The molecule has 0 unspecified atom stereocenters. The van der Waals surface area contributed by atoms with Gasteiger partial charge in [-0.3, -0.25) is 9.78 Å². The second-order valence-electron chi connectivity index (χ2n) is 12.5. The van der Waals surface area contributed by atoms with Crippen LogP contribution in [0, 0.1) is 0 Å². The van der Waals surface area contributed by atoms with E-state index < -0.39 is 27.7 Å². The number of carbonyl (C=O) groups is 2. The quantitative estimate of drug-likeness (QED) is 0.169. The van der Waals surface area contributed by atoms with Crippen molar-refractivity contribution in [3.05, 3.63) is 125 Å². The van der Waals surface area contributed by atoms with Gasteiger partial charge in [-0.15, -0.1) is 5.48 Å². The van der Waals surface area contributed by atoms with E-state index in [0.717, 1.165) is 30.9 Å². The van der Waals surface area contributed by atoms with Crippen LogP contribution in [0.2, 0.25) is 0 Å². The molecule has 48 heavy (non-hydrogen) atoms. The van der Waals surface area contributed by atoms with Gasteiger partial charge >= 0.3 is 12.1 Å². The Morgan fingerprint density at radius 3 is 2.25 bits per heavy atom. The molecular formula is C36H40N4O7S. The third kappa shape index (κ3) is 9.46. The molecular weight excluding hydrogens is 632 g/mol. The smallest absolute Gasteiger partial charge is 0.441 e. The molecule has 1 fully saturated rings. The van der Waals surface area contributed by atoms with E-state index in [2.05, 4.69) is 34.1 Å². The van der Waals surface area contributed by atoms with Gasteiger partial charge in [0.15, 0.2) is 5.03 Å². The summed E-state index contributed by atoms with van der Waals surface area (Å²) < 4.78 is 40.6. The number of aromatic nitrogens is 2. The maximum atomic E-state index is 13.9. The van der Waals surface area contributed by atoms with Gasteiger partial charge in [-0.25, -0.2) is 18.2 Å². The molecule has 0 spiro atoms. The summed E-state index contributed by atoms with van der Waals surface area (Å²) in [4.78, 5) is 36.3. The van der Waals surface area contributed by atoms with E-state index in [1.165, 1.54) is 22.1 Å². The summed E-state index contributed by atoms with van der Waals surface area (Å²) in [6, 6.07) is 28.3. The zero-order valence-corrected chi connectivity index (χ0v) is 28.1. The fourth-order valence-electron chi connectivity index (χ4n) is 5.38. The van der Waals surface area contributed by atoms with Crippen molar-refractivity contribution in [3.8, 4) is 0 Å². The number of hydroxylamine groups is 1. The van der Waals surface area contributed by atoms with Crippen LogP contribution in [0.4, 0.5) is 4.79 Å². The van der Waals surface area contributed by atoms with E-state index in [1.807, 2.05) is 35.8 Å². The lowest BCUT2D eigenvalue weighted by Gasteiger charge is -2.25. The molecule has 1 N–H and O–H groups in total. The summed E-state index contributed by atoms with van der Waals surface area (Å²) >= 11 is 0. The predicted octanol–water partition coefficient (Wildman–Crippen LogP) is 5.64. The van der Waals surface area contributed by atoms with Gasteiger partial charge in [0.25, 0.3) is 10.0 Å². The van der Waals surface area contributed by atoms with Gasteiger partial charge in [0, 0.05) is 37.2 Å². The fraction of sp³-hybridized carbons (Fsp3) is 0.333. The average Bonchev–Trinajstić information content (AvgIpc) is 3.85. The monoisotopic (exact) mass is 672 g/mol. The standard InChI is InChI=1S/C36H40N4O7S/c1-27(41)47-39-34(42)46-35(2,3)22-31-12-9-13-32(38-31)24-40(48(43,44)33-14-7-8-21-37-33)23-28-15-17-30(18-16-28)36(19-20-36)26-45-25-29-10-5-4-6-11-29/h4-18,21H,19-20,22-26H2,1-3H3,(H,39,42). The molecule has 4 aromatic rings. The minimum Gasteiger partial charge on any atom is -0.441 e. The van der Waals surface area contributed by atoms with Gasteiger partial charge in [0.2, 0.25) is 0 Å². The Balaban J connectivity index is 1.29. The molecule has 11 nitrogen and oxygen atoms in total. The van der Waals surface area contributed by atoms with Gasteiger partial charge in [0.05, 0.1) is 25.5 Å². The minimum atomic E-state index is -4.00. The maximum absolute atomic E-state index is 13.9. The molecule has 1 amide bonds. The number of nitrogens with one attached hydrogen (secondary N) is 1. The number of hydrogen-bond donors (Lipinski definition) is 1. The Kier molecular flexibility index (Phi) is 10.9. The number of benzene rings is 2. The summed E-state index contributed by atoms with van der Waals surface area (Å²) in [7, 11) is -4.00. The maximum Gasteiger partial charge on any atom is 0.441 e. The summed E-state index contributed by atoms with van der Waals surface area (Å²) in [6.07, 6.45) is 2.84. The van der Waals surface area contributed by atoms with Crippen molar-refractivity contribution in [2.75, 3.05) is 6.61 Å². The van der Waals surface area contributed by atoms with Crippen LogP contribution in [0.5, 0.6) is 0 Å². The number of hydrogen-bond acceptors (Lipinski definition) is 9. The van der Waals surface area contributed by atoms with Crippen molar-refractivity contribution < 1.29 is 32.3 Å². The molecule has 12 heteroatoms. The second-order valence-corrected chi connectivity index (χ2v) is 14.4. The first-order valence-electron chi connectivity index (χ1n) is 15.7. The van der Waals surface area contributed by atoms with Crippen molar-refractivity contribution in [1.82, 2.24) is 19.8 Å². The van der Waals surface area contributed by atoms with Crippen LogP contribution >= 0.6 is 0 Å². The summed E-state index contributed by atoms with van der Waals surface area (Å²) in [5.74, 6) is -0.684. The van der Waals surface area contributed by atoms with Gasteiger partial charge in [-0.2, -0.15) is 4.31 Å². The van der Waals surface area contributed by atoms with E-state index in [4.69, 9.17) is 14.5 Å². The Bertz CT molecular complexity index is 1800. The molecule has 0 radical (unpaired) electrons. The van der Waals surface area contributed by atoms with E-state index in [1.54, 1.807) is 44.2 Å². The molecule has 1 aliphatic carbocycles. The summed E-state index contributed by atoms with van der Waals surface area (Å²) in [5.41, 5.74) is 5.14. The molecule has 2 heterocycles. The second kappa shape index (κ2) is 15.1. The molecule has 2 aromatic heterocycles. The van der Waals surface area contributed by atoms with Gasteiger partial charge in [-0.1, -0.05) is 66.7 Å². The average molecular weight is 673 g/mol. The van der Waals surface area contributed by atoms with Crippen LogP contribution in [0.1, 0.15) is 61.7 Å². The van der Waals surface area contributed by atoms with Crippen molar-refractivity contribution in [2.24, 2.45) is 0 Å². The molecule has 2 aromatic carbocycles. The Morgan fingerprint density at radius 2 is 1.58 bits per heavy atom. The zero-order valence-electron chi connectivity index (χ0n) is 27.3. The number of rotatable bonds is 14. The summed E-state index contributed by atoms with van der Waals surface area (Å²) in [5, 5.41) is -0.0569. The van der Waals surface area contributed by atoms with Crippen LogP contribution in [0.3, 0.4) is 0 Å². The fourth-order valence-corrected chi connectivity index (χ4v) is 6.72. The SMILES string of the molecule is CC(=O)ONC(=O)OC(C)(C)Cc1cccc(CN(Cc2ccc(C3(COCc4ccccc4)CC3)cc2)S(=O)(=O)c2ccccn2)n1. The highest BCUT2D eigenvalue weighted by atomic mass is 32.2. The normalized spacial score (nSPS) is 13.9. The summed E-state index contributed by atoms with van der Waals surface area (Å²) in [6.45, 7) is 5.82. The van der Waals surface area contributed by atoms with Gasteiger partial charge < -0.3 is 14.3 Å². The third-order valence-electron chi connectivity index (χ3n) is 7.97. The number of amides is 1. The third-order valence-corrected chi connectivity index (χ3v) is 9.68. The van der Waals surface area contributed by atoms with Crippen LogP contribution in [-0.2, 0) is 60.7 Å². The minimum absolute atomic E-state index is 0.0139. The number of pyridine rings is 2. The largest absolute Gasteiger partial charge is 0.441 e. The lowest BCUT2D eigenvalue weighted by molar-refractivity contribution is -0.147. The van der Waals surface area contributed by atoms with Gasteiger partial charge in [0.1, 0.15) is 5.60 Å². The van der Waals surface area contributed by atoms with Crippen molar-refractivity contribution in [1.29, 1.82) is 0 Å². The van der Waals surface area contributed by atoms with E-state index in [-0.39, 0.29) is 30.0 Å². The van der Waals surface area contributed by atoms with Crippen molar-refractivity contribution in [2.45, 2.75) is 75.8 Å². The number of nitrogens with zero attached hydrogens (tertiary/aromatic N) is 3. The van der Waals surface area contributed by atoms with Crippen LogP contribution < -0.4 is 5.48 Å². The highest BCUT2D eigenvalue weighted by Gasteiger charge is 2.44. The number of carbonyl (C=O) groups excluding carboxylic acids is 2. The first-order valence-corrected chi connectivity index (χ1v) is 17.1. The molecule has 252 valence electrons. The molecule has 0 atom stereocenters. The predicted molar refractivity (Wildman–Crippen MR) is 178 cm³/mol. The van der Waals surface area contributed by atoms with E-state index >= 15 is 0 Å². The van der Waals surface area contributed by atoms with E-state index in [0.29, 0.717) is 24.6 Å².